The summed E-state index contributed by atoms with van der Waals surface area (Å²) in [4.78, 5) is 6.78. The third-order valence-electron chi connectivity index (χ3n) is 4.21. The van der Waals surface area contributed by atoms with Crippen LogP contribution < -0.4 is 10.6 Å². The van der Waals surface area contributed by atoms with E-state index in [0.29, 0.717) is 6.04 Å². The van der Waals surface area contributed by atoms with E-state index in [0.717, 1.165) is 44.7 Å². The maximum absolute atomic E-state index is 5.42. The van der Waals surface area contributed by atoms with Crippen LogP contribution >= 0.6 is 0 Å². The lowest BCUT2D eigenvalue weighted by molar-refractivity contribution is -0.00834. The highest BCUT2D eigenvalue weighted by Crippen LogP contribution is 2.28. The molecule has 0 amide bonds. The number of ether oxygens (including phenoxy) is 1. The van der Waals surface area contributed by atoms with Gasteiger partial charge in [-0.15, -0.1) is 0 Å². The van der Waals surface area contributed by atoms with Crippen LogP contribution in [-0.4, -0.2) is 62.3 Å². The fourth-order valence-electron chi connectivity index (χ4n) is 2.47. The number of hydrogen-bond acceptors (Lipinski definition) is 3. The normalized spacial score (nSPS) is 29.2. The van der Waals surface area contributed by atoms with Crippen LogP contribution in [0.4, 0.5) is 0 Å². The molecule has 2 fully saturated rings. The van der Waals surface area contributed by atoms with Crippen molar-refractivity contribution in [1.29, 1.82) is 0 Å². The van der Waals surface area contributed by atoms with Crippen molar-refractivity contribution in [2.75, 3.05) is 39.9 Å². The van der Waals surface area contributed by atoms with E-state index in [2.05, 4.69) is 41.3 Å². The molecule has 5 heteroatoms. The second kappa shape index (κ2) is 6.09. The summed E-state index contributed by atoms with van der Waals surface area (Å²) in [7, 11) is 1.84. The average molecular weight is 268 g/mol. The predicted molar refractivity (Wildman–Crippen MR) is 78.5 cm³/mol. The summed E-state index contributed by atoms with van der Waals surface area (Å²) in [6.45, 7) is 11.4. The zero-order chi connectivity index (χ0) is 13.9. The van der Waals surface area contributed by atoms with Crippen molar-refractivity contribution < 1.29 is 4.74 Å². The fourth-order valence-corrected chi connectivity index (χ4v) is 2.47. The first-order chi connectivity index (χ1) is 9.03. The second-order valence-electron chi connectivity index (χ2n) is 6.30. The van der Waals surface area contributed by atoms with Gasteiger partial charge in [0.2, 0.25) is 0 Å². The fraction of sp³-hybridized carbons (Fsp3) is 0.929. The summed E-state index contributed by atoms with van der Waals surface area (Å²) in [5.41, 5.74) is 0.122. The number of rotatable bonds is 4. The first kappa shape index (κ1) is 14.6. The molecule has 1 aliphatic carbocycles. The van der Waals surface area contributed by atoms with Crippen molar-refractivity contribution in [3.63, 3.8) is 0 Å². The van der Waals surface area contributed by atoms with Gasteiger partial charge in [-0.3, -0.25) is 9.89 Å². The molecule has 2 aliphatic rings. The van der Waals surface area contributed by atoms with Crippen LogP contribution in [0.5, 0.6) is 0 Å². The minimum atomic E-state index is 0.122. The molecule has 2 atom stereocenters. The molecule has 1 aliphatic heterocycles. The smallest absolute Gasteiger partial charge is 0.191 e. The molecule has 1 saturated carbocycles. The molecule has 2 rings (SSSR count). The Kier molecular flexibility index (Phi) is 4.68. The van der Waals surface area contributed by atoms with Gasteiger partial charge in [-0.05, 0) is 26.2 Å². The van der Waals surface area contributed by atoms with Crippen LogP contribution in [-0.2, 0) is 4.74 Å². The first-order valence-corrected chi connectivity index (χ1v) is 7.33. The molecule has 110 valence electrons. The van der Waals surface area contributed by atoms with Crippen LogP contribution in [0, 0.1) is 5.92 Å². The van der Waals surface area contributed by atoms with Gasteiger partial charge in [0.05, 0.1) is 13.2 Å². The number of nitrogens with zero attached hydrogens (tertiary/aromatic N) is 2. The van der Waals surface area contributed by atoms with Crippen LogP contribution in [0.15, 0.2) is 4.99 Å². The van der Waals surface area contributed by atoms with Gasteiger partial charge in [0.15, 0.2) is 5.96 Å². The van der Waals surface area contributed by atoms with Gasteiger partial charge in [0.25, 0.3) is 0 Å². The summed E-state index contributed by atoms with van der Waals surface area (Å²) in [6.07, 6.45) is 1.26. The molecule has 5 nitrogen and oxygen atoms in total. The van der Waals surface area contributed by atoms with Crippen molar-refractivity contribution in [3.8, 4) is 0 Å². The third kappa shape index (κ3) is 4.08. The number of nitrogens with one attached hydrogen (secondary N) is 2. The predicted octanol–water partition coefficient (Wildman–Crippen LogP) is 0.671. The van der Waals surface area contributed by atoms with E-state index in [9.17, 15) is 0 Å². The Bertz CT molecular complexity index is 323. The molecule has 0 aromatic heterocycles. The SMILES string of the molecule is CN=C(NCC(C)(C)N1CCOCC1)NC1CC1C. The van der Waals surface area contributed by atoms with Gasteiger partial charge in [-0.25, -0.2) is 0 Å². The lowest BCUT2D eigenvalue weighted by Crippen LogP contribution is -2.56. The summed E-state index contributed by atoms with van der Waals surface area (Å²) in [5, 5.41) is 6.92. The van der Waals surface area contributed by atoms with Gasteiger partial charge < -0.3 is 15.4 Å². The van der Waals surface area contributed by atoms with Crippen molar-refractivity contribution in [2.24, 2.45) is 10.9 Å². The van der Waals surface area contributed by atoms with E-state index in [-0.39, 0.29) is 5.54 Å². The summed E-state index contributed by atoms with van der Waals surface area (Å²) >= 11 is 0. The Morgan fingerprint density at radius 2 is 2.00 bits per heavy atom. The Morgan fingerprint density at radius 3 is 2.53 bits per heavy atom. The van der Waals surface area contributed by atoms with Crippen molar-refractivity contribution in [3.05, 3.63) is 0 Å². The van der Waals surface area contributed by atoms with Crippen LogP contribution in [0.2, 0.25) is 0 Å². The quantitative estimate of drug-likeness (QED) is 0.581. The molecule has 0 bridgehead atoms. The molecule has 0 aromatic carbocycles. The number of hydrogen-bond donors (Lipinski definition) is 2. The van der Waals surface area contributed by atoms with Crippen molar-refractivity contribution >= 4 is 5.96 Å². The summed E-state index contributed by atoms with van der Waals surface area (Å²) < 4.78 is 5.42. The van der Waals surface area contributed by atoms with E-state index in [4.69, 9.17) is 4.74 Å². The minimum Gasteiger partial charge on any atom is -0.379 e. The Morgan fingerprint density at radius 1 is 1.37 bits per heavy atom. The molecule has 19 heavy (non-hydrogen) atoms. The molecule has 2 N–H and O–H groups in total. The first-order valence-electron chi connectivity index (χ1n) is 7.33. The largest absolute Gasteiger partial charge is 0.379 e. The van der Waals surface area contributed by atoms with Gasteiger partial charge in [0.1, 0.15) is 0 Å². The molecular formula is C14H28N4O. The molecule has 1 heterocycles. The maximum Gasteiger partial charge on any atom is 0.191 e. The van der Waals surface area contributed by atoms with Crippen LogP contribution in [0.25, 0.3) is 0 Å². The number of morpholine rings is 1. The monoisotopic (exact) mass is 268 g/mol. The van der Waals surface area contributed by atoms with E-state index in [1.54, 1.807) is 0 Å². The second-order valence-corrected chi connectivity index (χ2v) is 6.30. The van der Waals surface area contributed by atoms with Crippen LogP contribution in [0.1, 0.15) is 27.2 Å². The number of guanidine groups is 1. The topological polar surface area (TPSA) is 48.9 Å². The van der Waals surface area contributed by atoms with Gasteiger partial charge >= 0.3 is 0 Å². The molecule has 0 spiro atoms. The minimum absolute atomic E-state index is 0.122. The average Bonchev–Trinajstić information content (AvgIpc) is 3.11. The molecule has 0 radical (unpaired) electrons. The third-order valence-corrected chi connectivity index (χ3v) is 4.21. The number of aliphatic imine (C=N–C) groups is 1. The summed E-state index contributed by atoms with van der Waals surface area (Å²) in [6, 6.07) is 0.609. The maximum atomic E-state index is 5.42. The van der Waals surface area contributed by atoms with Gasteiger partial charge in [-0.2, -0.15) is 0 Å². The highest BCUT2D eigenvalue weighted by atomic mass is 16.5. The molecular weight excluding hydrogens is 240 g/mol. The van der Waals surface area contributed by atoms with E-state index >= 15 is 0 Å². The van der Waals surface area contributed by atoms with E-state index in [1.165, 1.54) is 6.42 Å². The summed E-state index contributed by atoms with van der Waals surface area (Å²) in [5.74, 6) is 1.71. The molecule has 2 unspecified atom stereocenters. The lowest BCUT2D eigenvalue weighted by Gasteiger charge is -2.41. The van der Waals surface area contributed by atoms with Crippen LogP contribution in [0.3, 0.4) is 0 Å². The van der Waals surface area contributed by atoms with E-state index in [1.807, 2.05) is 7.05 Å². The van der Waals surface area contributed by atoms with Crippen molar-refractivity contribution in [1.82, 2.24) is 15.5 Å². The zero-order valence-corrected chi connectivity index (χ0v) is 12.7. The molecule has 0 aromatic rings. The highest BCUT2D eigenvalue weighted by Gasteiger charge is 2.34. The molecule has 1 saturated heterocycles. The Labute approximate surface area is 116 Å². The van der Waals surface area contributed by atoms with Gasteiger partial charge in [-0.1, -0.05) is 6.92 Å². The zero-order valence-electron chi connectivity index (χ0n) is 12.7. The van der Waals surface area contributed by atoms with Crippen molar-refractivity contribution in [2.45, 2.75) is 38.8 Å². The van der Waals surface area contributed by atoms with E-state index < -0.39 is 0 Å². The highest BCUT2D eigenvalue weighted by molar-refractivity contribution is 5.80. The standard InChI is InChI=1S/C14H28N4O/c1-11-9-12(11)17-13(15-4)16-10-14(2,3)18-5-7-19-8-6-18/h11-12H,5-10H2,1-4H3,(H2,15,16,17). The van der Waals surface area contributed by atoms with Gasteiger partial charge in [0, 0.05) is 38.3 Å². The lowest BCUT2D eigenvalue weighted by atomic mass is 10.0. The Balaban J connectivity index is 1.78. The Hall–Kier alpha value is -0.810.